The molecule has 1 aliphatic rings. The van der Waals surface area contributed by atoms with Crippen molar-refractivity contribution < 1.29 is 67.7 Å². The van der Waals surface area contributed by atoms with Crippen LogP contribution in [0.15, 0.2) is 12.2 Å². The van der Waals surface area contributed by atoms with Gasteiger partial charge in [-0.05, 0) is 101 Å². The van der Waals surface area contributed by atoms with E-state index in [9.17, 15) is 39.0 Å². The zero-order chi connectivity index (χ0) is 69.7. The van der Waals surface area contributed by atoms with Gasteiger partial charge in [-0.3, -0.25) is 52.7 Å². The Balaban J connectivity index is 4.50. The van der Waals surface area contributed by atoms with E-state index in [2.05, 4.69) is 21.3 Å². The lowest BCUT2D eigenvalue weighted by Gasteiger charge is -2.41. The molecule has 0 aromatic heterocycles. The van der Waals surface area contributed by atoms with Crippen LogP contribution in [-0.4, -0.2) is 251 Å². The van der Waals surface area contributed by atoms with Crippen LogP contribution in [0.5, 0.6) is 0 Å². The van der Waals surface area contributed by atoms with Gasteiger partial charge in [-0.2, -0.15) is 0 Å². The summed E-state index contributed by atoms with van der Waals surface area (Å²) in [5.74, 6) is -10.5. The fourth-order valence-electron chi connectivity index (χ4n) is 11.2. The van der Waals surface area contributed by atoms with Crippen LogP contribution in [0.1, 0.15) is 156 Å². The second-order valence-corrected chi connectivity index (χ2v) is 27.1. The fourth-order valence-corrected chi connectivity index (χ4v) is 11.2. The minimum absolute atomic E-state index is 0.0563. The lowest BCUT2D eigenvalue weighted by atomic mass is 9.91. The van der Waals surface area contributed by atoms with Gasteiger partial charge in [-0.1, -0.05) is 109 Å². The van der Waals surface area contributed by atoms with Gasteiger partial charge in [-0.25, -0.2) is 0 Å². The summed E-state index contributed by atoms with van der Waals surface area (Å²) in [6.07, 6.45) is 2.71. The van der Waals surface area contributed by atoms with Crippen molar-refractivity contribution in [3.63, 3.8) is 0 Å². The van der Waals surface area contributed by atoms with Crippen molar-refractivity contribution in [2.75, 3.05) is 69.2 Å². The predicted molar refractivity (Wildman–Crippen MR) is 345 cm³/mol. The summed E-state index contributed by atoms with van der Waals surface area (Å²) >= 11 is 0. The van der Waals surface area contributed by atoms with E-state index in [1.807, 2.05) is 55.4 Å². The molecule has 11 amide bonds. The number of allylic oxidation sites excluding steroid dienone is 2. The van der Waals surface area contributed by atoms with Crippen LogP contribution in [-0.2, 0) is 57.5 Å². The maximum atomic E-state index is 15.3. The molecule has 1 saturated heterocycles. The molecule has 0 aromatic carbocycles. The highest BCUT2D eigenvalue weighted by atomic mass is 16.5. The van der Waals surface area contributed by atoms with E-state index in [4.69, 9.17) is 4.74 Å². The number of carbonyl (C=O) groups is 11. The first kappa shape index (κ1) is 81.8. The van der Waals surface area contributed by atoms with Gasteiger partial charge >= 0.3 is 0 Å². The number of carbonyl (C=O) groups excluding carboxylic acids is 11. The molecule has 0 saturated carbocycles. The van der Waals surface area contributed by atoms with Gasteiger partial charge in [0, 0.05) is 49.3 Å². The number of hydrogen-bond donors (Lipinski definition) is 6. The first-order valence-electron chi connectivity index (χ1n) is 32.2. The SMILES string of the molecule is C/C=C/C[C@@H](C)[C@@H](O)[C@H]1C(=O)N[C@@H](CC)C(=O)N(C)[C@H](COCCO)C(=O)N(C)[C@@H](CC(C)C)C(=O)N[C@@H](C(C)C)C(=O)N(C)[C@@H](CC(C)C)C(=O)N[C@@H](C)C(=O)N[C@H](C)C(=O)N(C)[C@@H](CC(C)C)C(=O)N(C)[C@@H](CC(C)C)C(=O)N(C)[C@@H](C(C)C)C(=O)N1C. The first-order chi connectivity index (χ1) is 41.7. The standard InChI is InChI=1S/C65H117N11O14/c1-25-27-28-42(15)54(78)53-58(82)68-45(26-2)60(84)74(22)50(35-90-30-29-77)63(87)70(18)47(32-37(5)6)57(81)69-51(40(11)12)64(88)71(19)46(31-36(3)4)56(80)66-43(16)55(79)67-44(17)59(83)72(20)48(33-38(7)8)61(85)73(21)49(34-39(9)10)62(86)75(23)52(41(13)14)65(89)76(53)24/h25,27,36-54,77-78H,26,28-35H2,1-24H3,(H,66,80)(H,67,79)(H,68,82)(H,69,81)/b27-25+/t42-,43+,44-,45+,46+,47+,48+,49+,50-,51+,52+,53+,54-/m1/s1. The van der Waals surface area contributed by atoms with Crippen LogP contribution in [0.2, 0.25) is 0 Å². The maximum Gasteiger partial charge on any atom is 0.248 e. The molecule has 0 aliphatic carbocycles. The van der Waals surface area contributed by atoms with E-state index >= 15 is 24.0 Å². The average Bonchev–Trinajstić information content (AvgIpc) is 1.57. The number of aliphatic hydroxyl groups is 2. The van der Waals surface area contributed by atoms with E-state index in [1.165, 1.54) is 82.8 Å². The Morgan fingerprint density at radius 1 is 0.456 bits per heavy atom. The molecule has 25 nitrogen and oxygen atoms in total. The number of aliphatic hydroxyl groups excluding tert-OH is 2. The number of hydrogen-bond acceptors (Lipinski definition) is 14. The van der Waals surface area contributed by atoms with Crippen LogP contribution >= 0.6 is 0 Å². The van der Waals surface area contributed by atoms with E-state index < -0.39 is 169 Å². The Morgan fingerprint density at radius 2 is 0.856 bits per heavy atom. The highest BCUT2D eigenvalue weighted by Gasteiger charge is 2.46. The van der Waals surface area contributed by atoms with Gasteiger partial charge in [0.1, 0.15) is 66.5 Å². The molecule has 516 valence electrons. The molecular weight excluding hydrogens is 1160 g/mol. The van der Waals surface area contributed by atoms with E-state index in [0.717, 1.165) is 14.7 Å². The molecule has 1 aliphatic heterocycles. The Labute approximate surface area is 537 Å². The second-order valence-electron chi connectivity index (χ2n) is 27.1. The Morgan fingerprint density at radius 3 is 1.30 bits per heavy atom. The van der Waals surface area contributed by atoms with E-state index in [1.54, 1.807) is 60.6 Å². The molecule has 1 rings (SSSR count). The molecule has 0 spiro atoms. The van der Waals surface area contributed by atoms with Crippen molar-refractivity contribution in [3.05, 3.63) is 12.2 Å². The maximum absolute atomic E-state index is 15.3. The Hall–Kier alpha value is -6.21. The van der Waals surface area contributed by atoms with Gasteiger partial charge in [0.25, 0.3) is 0 Å². The number of nitrogens with zero attached hydrogens (tertiary/aromatic N) is 7. The van der Waals surface area contributed by atoms with E-state index in [-0.39, 0.29) is 68.8 Å². The molecule has 0 aromatic rings. The van der Waals surface area contributed by atoms with Gasteiger partial charge in [-0.15, -0.1) is 0 Å². The molecule has 0 bridgehead atoms. The molecule has 0 radical (unpaired) electrons. The summed E-state index contributed by atoms with van der Waals surface area (Å²) in [7, 11) is 9.76. The van der Waals surface area contributed by atoms with Crippen molar-refractivity contribution in [2.45, 2.75) is 229 Å². The molecule has 25 heteroatoms. The number of rotatable bonds is 19. The average molecular weight is 1280 g/mol. The summed E-state index contributed by atoms with van der Waals surface area (Å²) < 4.78 is 5.71. The van der Waals surface area contributed by atoms with Crippen LogP contribution < -0.4 is 21.3 Å². The van der Waals surface area contributed by atoms with Crippen LogP contribution in [0.3, 0.4) is 0 Å². The van der Waals surface area contributed by atoms with Crippen LogP contribution in [0.25, 0.3) is 0 Å². The summed E-state index contributed by atoms with van der Waals surface area (Å²) in [5, 5.41) is 32.9. The predicted octanol–water partition coefficient (Wildman–Crippen LogP) is 2.65. The Bertz CT molecular complexity index is 2440. The van der Waals surface area contributed by atoms with Gasteiger partial charge in [0.15, 0.2) is 0 Å². The zero-order valence-electron chi connectivity index (χ0n) is 58.9. The topological polar surface area (TPSA) is 308 Å². The molecule has 13 atom stereocenters. The second kappa shape index (κ2) is 38.0. The third kappa shape index (κ3) is 22.9. The smallest absolute Gasteiger partial charge is 0.248 e. The number of amides is 11. The summed E-state index contributed by atoms with van der Waals surface area (Å²) in [4.78, 5) is 171. The molecule has 1 fully saturated rings. The lowest BCUT2D eigenvalue weighted by molar-refractivity contribution is -0.157. The molecule has 1 heterocycles. The Kier molecular flexibility index (Phi) is 34.5. The largest absolute Gasteiger partial charge is 0.394 e. The van der Waals surface area contributed by atoms with Crippen molar-refractivity contribution in [2.24, 2.45) is 41.4 Å². The number of nitrogens with one attached hydrogen (secondary N) is 4. The van der Waals surface area contributed by atoms with Crippen molar-refractivity contribution in [3.8, 4) is 0 Å². The third-order valence-electron chi connectivity index (χ3n) is 16.9. The lowest BCUT2D eigenvalue weighted by Crippen LogP contribution is -2.64. The quantitative estimate of drug-likeness (QED) is 0.0801. The van der Waals surface area contributed by atoms with Crippen LogP contribution in [0.4, 0.5) is 0 Å². The molecule has 0 unspecified atom stereocenters. The fraction of sp³-hybridized carbons (Fsp3) is 0.800. The third-order valence-corrected chi connectivity index (χ3v) is 16.9. The van der Waals surface area contributed by atoms with Crippen molar-refractivity contribution in [1.82, 2.24) is 55.6 Å². The molecule has 90 heavy (non-hydrogen) atoms. The van der Waals surface area contributed by atoms with Crippen molar-refractivity contribution >= 4 is 65.0 Å². The first-order valence-corrected chi connectivity index (χ1v) is 32.2. The zero-order valence-corrected chi connectivity index (χ0v) is 58.9. The summed E-state index contributed by atoms with van der Waals surface area (Å²) in [5.41, 5.74) is 0. The number of ether oxygens (including phenoxy) is 1. The highest BCUT2D eigenvalue weighted by Crippen LogP contribution is 2.26. The highest BCUT2D eigenvalue weighted by molar-refractivity contribution is 6.00. The van der Waals surface area contributed by atoms with Crippen molar-refractivity contribution in [1.29, 1.82) is 0 Å². The summed E-state index contributed by atoms with van der Waals surface area (Å²) in [6.45, 7) is 28.5. The van der Waals surface area contributed by atoms with Crippen LogP contribution in [0, 0.1) is 41.4 Å². The molecular formula is C65H117N11O14. The minimum atomic E-state index is -1.67. The molecule has 6 N–H and O–H groups in total. The van der Waals surface area contributed by atoms with Gasteiger partial charge < -0.3 is 70.5 Å². The summed E-state index contributed by atoms with van der Waals surface area (Å²) in [6, 6.07) is -14.3. The number of likely N-dealkylation sites (N-methyl/N-ethyl adjacent to an activating group) is 7. The van der Waals surface area contributed by atoms with Gasteiger partial charge in [0.05, 0.1) is 25.9 Å². The monoisotopic (exact) mass is 1280 g/mol. The van der Waals surface area contributed by atoms with E-state index in [0.29, 0.717) is 0 Å². The minimum Gasteiger partial charge on any atom is -0.394 e. The van der Waals surface area contributed by atoms with Gasteiger partial charge in [0.2, 0.25) is 65.0 Å². The normalized spacial score (nSPS) is 26.9.